The quantitative estimate of drug-likeness (QED) is 0.777. The smallest absolute Gasteiger partial charge is 0.208 e. The lowest BCUT2D eigenvalue weighted by molar-refractivity contribution is 0.526. The predicted octanol–water partition coefficient (Wildman–Crippen LogP) is 3.86. The van der Waals surface area contributed by atoms with E-state index in [0.29, 0.717) is 4.90 Å². The molecule has 1 aromatic carbocycles. The van der Waals surface area contributed by atoms with Crippen LogP contribution in [0.2, 0.25) is 0 Å². The standard InChI is InChI=1S/C16H27NO2S/c1-6-7-8-9-15(5)17-20(18,19)16-13(3)10-12(2)11-14(16)4/h10-11,15,17H,6-9H2,1-5H3. The molecule has 0 saturated carbocycles. The lowest BCUT2D eigenvalue weighted by Gasteiger charge is -2.17. The number of sulfonamides is 1. The van der Waals surface area contributed by atoms with E-state index in [-0.39, 0.29) is 6.04 Å². The van der Waals surface area contributed by atoms with Gasteiger partial charge in [0.15, 0.2) is 0 Å². The molecule has 0 aliphatic carbocycles. The minimum atomic E-state index is -3.42. The van der Waals surface area contributed by atoms with Gasteiger partial charge in [-0.1, -0.05) is 43.9 Å². The molecule has 1 aromatic rings. The molecule has 20 heavy (non-hydrogen) atoms. The van der Waals surface area contributed by atoms with Gasteiger partial charge in [0.1, 0.15) is 0 Å². The third-order valence-electron chi connectivity index (χ3n) is 3.47. The van der Waals surface area contributed by atoms with Crippen LogP contribution >= 0.6 is 0 Å². The maximum Gasteiger partial charge on any atom is 0.241 e. The summed E-state index contributed by atoms with van der Waals surface area (Å²) < 4.78 is 27.8. The number of unbranched alkanes of at least 4 members (excludes halogenated alkanes) is 2. The van der Waals surface area contributed by atoms with Crippen LogP contribution in [0.1, 0.15) is 56.2 Å². The number of aryl methyl sites for hydroxylation is 3. The molecule has 0 radical (unpaired) electrons. The van der Waals surface area contributed by atoms with Crippen molar-refractivity contribution in [2.24, 2.45) is 0 Å². The van der Waals surface area contributed by atoms with Crippen LogP contribution in [0, 0.1) is 20.8 Å². The van der Waals surface area contributed by atoms with Gasteiger partial charge in [-0.15, -0.1) is 0 Å². The number of rotatable bonds is 7. The first-order valence-corrected chi connectivity index (χ1v) is 8.86. The Balaban J connectivity index is 2.89. The van der Waals surface area contributed by atoms with Crippen LogP contribution in [-0.4, -0.2) is 14.5 Å². The fourth-order valence-electron chi connectivity index (χ4n) is 2.67. The van der Waals surface area contributed by atoms with Crippen molar-refractivity contribution < 1.29 is 8.42 Å². The van der Waals surface area contributed by atoms with E-state index < -0.39 is 10.0 Å². The lowest BCUT2D eigenvalue weighted by Crippen LogP contribution is -2.33. The molecule has 0 aliphatic heterocycles. The normalized spacial score (nSPS) is 13.4. The van der Waals surface area contributed by atoms with Gasteiger partial charge < -0.3 is 0 Å². The Morgan fingerprint density at radius 2 is 1.65 bits per heavy atom. The molecular weight excluding hydrogens is 270 g/mol. The van der Waals surface area contributed by atoms with Gasteiger partial charge in [0.2, 0.25) is 10.0 Å². The fraction of sp³-hybridized carbons (Fsp3) is 0.625. The van der Waals surface area contributed by atoms with E-state index in [1.54, 1.807) is 0 Å². The summed E-state index contributed by atoms with van der Waals surface area (Å²) in [5.74, 6) is 0. The van der Waals surface area contributed by atoms with Crippen molar-refractivity contribution in [3.05, 3.63) is 28.8 Å². The Bertz CT molecular complexity index is 527. The molecule has 0 bridgehead atoms. The third-order valence-corrected chi connectivity index (χ3v) is 5.36. The van der Waals surface area contributed by atoms with Gasteiger partial charge in [0.05, 0.1) is 4.90 Å². The van der Waals surface area contributed by atoms with Crippen molar-refractivity contribution in [1.82, 2.24) is 4.72 Å². The first-order chi connectivity index (χ1) is 9.27. The number of hydrogen-bond donors (Lipinski definition) is 1. The van der Waals surface area contributed by atoms with E-state index in [0.717, 1.165) is 42.4 Å². The summed E-state index contributed by atoms with van der Waals surface area (Å²) in [5.41, 5.74) is 2.72. The van der Waals surface area contributed by atoms with Gasteiger partial charge in [-0.3, -0.25) is 0 Å². The van der Waals surface area contributed by atoms with Crippen LogP contribution in [0.4, 0.5) is 0 Å². The van der Waals surface area contributed by atoms with Gasteiger partial charge in [0, 0.05) is 6.04 Å². The van der Waals surface area contributed by atoms with E-state index in [4.69, 9.17) is 0 Å². The molecule has 3 nitrogen and oxygen atoms in total. The van der Waals surface area contributed by atoms with Gasteiger partial charge >= 0.3 is 0 Å². The zero-order valence-electron chi connectivity index (χ0n) is 13.3. The largest absolute Gasteiger partial charge is 0.241 e. The maximum absolute atomic E-state index is 12.5. The Kier molecular flexibility index (Phi) is 6.21. The SMILES string of the molecule is CCCCCC(C)NS(=O)(=O)c1c(C)cc(C)cc1C. The average molecular weight is 297 g/mol. The highest BCUT2D eigenvalue weighted by Gasteiger charge is 2.21. The predicted molar refractivity (Wildman–Crippen MR) is 84.6 cm³/mol. The highest BCUT2D eigenvalue weighted by molar-refractivity contribution is 7.89. The van der Waals surface area contributed by atoms with Gasteiger partial charge in [-0.2, -0.15) is 0 Å². The Labute approximate surface area is 123 Å². The molecule has 1 N–H and O–H groups in total. The molecule has 4 heteroatoms. The molecule has 0 aliphatic rings. The van der Waals surface area contributed by atoms with Crippen LogP contribution in [0.15, 0.2) is 17.0 Å². The van der Waals surface area contributed by atoms with Crippen molar-refractivity contribution in [1.29, 1.82) is 0 Å². The molecule has 0 saturated heterocycles. The molecule has 1 unspecified atom stereocenters. The first kappa shape index (κ1) is 17.2. The summed E-state index contributed by atoms with van der Waals surface area (Å²) >= 11 is 0. The van der Waals surface area contributed by atoms with E-state index in [1.165, 1.54) is 0 Å². The van der Waals surface area contributed by atoms with Gasteiger partial charge in [-0.05, 0) is 45.2 Å². The molecule has 0 heterocycles. The second-order valence-corrected chi connectivity index (χ2v) is 7.40. The molecule has 0 spiro atoms. The summed E-state index contributed by atoms with van der Waals surface area (Å²) in [4.78, 5) is 0.436. The van der Waals surface area contributed by atoms with Crippen LogP contribution in [0.3, 0.4) is 0 Å². The molecule has 0 aromatic heterocycles. The molecule has 114 valence electrons. The van der Waals surface area contributed by atoms with Crippen molar-refractivity contribution in [2.75, 3.05) is 0 Å². The molecule has 1 rings (SSSR count). The lowest BCUT2D eigenvalue weighted by atomic mass is 10.1. The van der Waals surface area contributed by atoms with Crippen LogP contribution in [-0.2, 0) is 10.0 Å². The molecule has 0 fully saturated rings. The summed E-state index contributed by atoms with van der Waals surface area (Å²) in [6, 6.07) is 3.82. The summed E-state index contributed by atoms with van der Waals surface area (Å²) in [5, 5.41) is 0. The van der Waals surface area contributed by atoms with Crippen molar-refractivity contribution in [3.8, 4) is 0 Å². The molecular formula is C16H27NO2S. The maximum atomic E-state index is 12.5. The van der Waals surface area contributed by atoms with E-state index in [1.807, 2.05) is 39.8 Å². The van der Waals surface area contributed by atoms with Crippen LogP contribution in [0.5, 0.6) is 0 Å². The van der Waals surface area contributed by atoms with E-state index in [2.05, 4.69) is 11.6 Å². The Morgan fingerprint density at radius 1 is 1.10 bits per heavy atom. The van der Waals surface area contributed by atoms with Crippen molar-refractivity contribution >= 4 is 10.0 Å². The Morgan fingerprint density at radius 3 is 2.15 bits per heavy atom. The second kappa shape index (κ2) is 7.23. The van der Waals surface area contributed by atoms with Gasteiger partial charge in [-0.25, -0.2) is 13.1 Å². The van der Waals surface area contributed by atoms with Crippen molar-refractivity contribution in [2.45, 2.75) is 71.2 Å². The minimum absolute atomic E-state index is 0.0216. The average Bonchev–Trinajstić information content (AvgIpc) is 2.26. The number of benzene rings is 1. The van der Waals surface area contributed by atoms with E-state index in [9.17, 15) is 8.42 Å². The first-order valence-electron chi connectivity index (χ1n) is 7.38. The molecule has 1 atom stereocenters. The monoisotopic (exact) mass is 297 g/mol. The van der Waals surface area contributed by atoms with Crippen molar-refractivity contribution in [3.63, 3.8) is 0 Å². The van der Waals surface area contributed by atoms with Crippen LogP contribution < -0.4 is 4.72 Å². The highest BCUT2D eigenvalue weighted by atomic mass is 32.2. The summed E-state index contributed by atoms with van der Waals surface area (Å²) in [6.07, 6.45) is 4.24. The number of nitrogens with one attached hydrogen (secondary N) is 1. The van der Waals surface area contributed by atoms with Crippen LogP contribution in [0.25, 0.3) is 0 Å². The summed E-state index contributed by atoms with van der Waals surface area (Å²) in [7, 11) is -3.42. The molecule has 0 amide bonds. The highest BCUT2D eigenvalue weighted by Crippen LogP contribution is 2.22. The van der Waals surface area contributed by atoms with E-state index >= 15 is 0 Å². The second-order valence-electron chi connectivity index (χ2n) is 5.75. The zero-order chi connectivity index (χ0) is 15.3. The topological polar surface area (TPSA) is 46.2 Å². The number of hydrogen-bond acceptors (Lipinski definition) is 2. The minimum Gasteiger partial charge on any atom is -0.208 e. The summed E-state index contributed by atoms with van der Waals surface area (Å²) in [6.45, 7) is 9.78. The van der Waals surface area contributed by atoms with Gasteiger partial charge in [0.25, 0.3) is 0 Å². The third kappa shape index (κ3) is 4.60. The Hall–Kier alpha value is -0.870. The fourth-order valence-corrected chi connectivity index (χ4v) is 4.40. The zero-order valence-corrected chi connectivity index (χ0v) is 14.1.